The predicted octanol–water partition coefficient (Wildman–Crippen LogP) is -0.231. The maximum Gasteiger partial charge on any atom is 0.327 e. The lowest BCUT2D eigenvalue weighted by Crippen LogP contribution is -2.56. The lowest BCUT2D eigenvalue weighted by atomic mass is 9.97. The van der Waals surface area contributed by atoms with Gasteiger partial charge in [-0.3, -0.25) is 9.59 Å². The van der Waals surface area contributed by atoms with Crippen molar-refractivity contribution >= 4 is 30.4 Å². The molecule has 8 heteroatoms. The van der Waals surface area contributed by atoms with Crippen LogP contribution in [0.5, 0.6) is 0 Å². The van der Waals surface area contributed by atoms with Crippen molar-refractivity contribution in [3.05, 3.63) is 0 Å². The van der Waals surface area contributed by atoms with Gasteiger partial charge in [-0.2, -0.15) is 12.6 Å². The molecule has 4 atom stereocenters. The molecular formula is C14H25N3O4S. The molecule has 0 aromatic heterocycles. The summed E-state index contributed by atoms with van der Waals surface area (Å²) < 4.78 is 0. The standard InChI is InChI=1S/C14H25N3O4S/c1-3-8(2)11(13(19)16-10(7-22)14(20)21)17-12(18)9-5-4-6-15-9/h8-11,15,22H,3-7H2,1-2H3,(H,16,19)(H,17,18)(H,20,21)/t8-,9-,10-,11-/m0/s1. The molecule has 0 spiro atoms. The summed E-state index contributed by atoms with van der Waals surface area (Å²) in [7, 11) is 0. The highest BCUT2D eigenvalue weighted by atomic mass is 32.1. The van der Waals surface area contributed by atoms with Gasteiger partial charge in [-0.25, -0.2) is 4.79 Å². The molecule has 4 N–H and O–H groups in total. The fraction of sp³-hybridized carbons (Fsp3) is 0.786. The van der Waals surface area contributed by atoms with Crippen LogP contribution in [0.15, 0.2) is 0 Å². The second-order valence-electron chi connectivity index (χ2n) is 5.60. The van der Waals surface area contributed by atoms with Gasteiger partial charge in [0, 0.05) is 5.75 Å². The largest absolute Gasteiger partial charge is 0.480 e. The third kappa shape index (κ3) is 5.17. The minimum atomic E-state index is -1.14. The first-order valence-corrected chi connectivity index (χ1v) is 8.21. The van der Waals surface area contributed by atoms with E-state index in [4.69, 9.17) is 5.11 Å². The van der Waals surface area contributed by atoms with Gasteiger partial charge in [-0.05, 0) is 25.3 Å². The summed E-state index contributed by atoms with van der Waals surface area (Å²) in [5.74, 6) is -1.94. The molecule has 0 saturated carbocycles. The first-order valence-electron chi connectivity index (χ1n) is 7.58. The van der Waals surface area contributed by atoms with Crippen molar-refractivity contribution in [1.82, 2.24) is 16.0 Å². The molecule has 0 aliphatic carbocycles. The van der Waals surface area contributed by atoms with E-state index in [-0.39, 0.29) is 23.6 Å². The van der Waals surface area contributed by atoms with Crippen molar-refractivity contribution in [3.8, 4) is 0 Å². The fourth-order valence-electron chi connectivity index (χ4n) is 2.31. The van der Waals surface area contributed by atoms with Crippen LogP contribution in [0.2, 0.25) is 0 Å². The number of carboxylic acids is 1. The number of nitrogens with one attached hydrogen (secondary N) is 3. The molecule has 1 rings (SSSR count). The van der Waals surface area contributed by atoms with Crippen LogP contribution in [0.3, 0.4) is 0 Å². The zero-order chi connectivity index (χ0) is 16.7. The van der Waals surface area contributed by atoms with Crippen LogP contribution < -0.4 is 16.0 Å². The number of rotatable bonds is 8. The zero-order valence-electron chi connectivity index (χ0n) is 13.0. The van der Waals surface area contributed by atoms with Gasteiger partial charge in [0.1, 0.15) is 12.1 Å². The summed E-state index contributed by atoms with van der Waals surface area (Å²) in [5, 5.41) is 17.2. The monoisotopic (exact) mass is 331 g/mol. The summed E-state index contributed by atoms with van der Waals surface area (Å²) in [4.78, 5) is 35.5. The quantitative estimate of drug-likeness (QED) is 0.395. The molecule has 0 aromatic rings. The summed E-state index contributed by atoms with van der Waals surface area (Å²) in [6, 6.07) is -2.09. The van der Waals surface area contributed by atoms with E-state index in [0.717, 1.165) is 19.4 Å². The Kier molecular flexibility index (Phi) is 7.67. The van der Waals surface area contributed by atoms with E-state index < -0.39 is 24.0 Å². The number of amides is 2. The minimum Gasteiger partial charge on any atom is -0.480 e. The molecule has 0 radical (unpaired) electrons. The lowest BCUT2D eigenvalue weighted by molar-refractivity contribution is -0.141. The van der Waals surface area contributed by atoms with Crippen LogP contribution >= 0.6 is 12.6 Å². The van der Waals surface area contributed by atoms with Gasteiger partial charge in [0.25, 0.3) is 0 Å². The molecule has 7 nitrogen and oxygen atoms in total. The van der Waals surface area contributed by atoms with Crippen LogP contribution in [0.4, 0.5) is 0 Å². The van der Waals surface area contributed by atoms with Crippen molar-refractivity contribution in [1.29, 1.82) is 0 Å². The maximum atomic E-state index is 12.3. The zero-order valence-corrected chi connectivity index (χ0v) is 13.9. The first kappa shape index (κ1) is 18.8. The molecule has 0 bridgehead atoms. The molecule has 1 heterocycles. The number of hydrogen-bond donors (Lipinski definition) is 5. The van der Waals surface area contributed by atoms with E-state index in [9.17, 15) is 14.4 Å². The number of carbonyl (C=O) groups excluding carboxylic acids is 2. The molecule has 1 aliphatic heterocycles. The fourth-order valence-corrected chi connectivity index (χ4v) is 2.56. The highest BCUT2D eigenvalue weighted by molar-refractivity contribution is 7.80. The van der Waals surface area contributed by atoms with Crippen LogP contribution in [0.25, 0.3) is 0 Å². The number of thiol groups is 1. The number of aliphatic carboxylic acids is 1. The average Bonchev–Trinajstić information content (AvgIpc) is 3.03. The molecule has 2 amide bonds. The van der Waals surface area contributed by atoms with Crippen molar-refractivity contribution in [2.45, 2.75) is 51.2 Å². The Morgan fingerprint density at radius 2 is 2.05 bits per heavy atom. The molecule has 1 saturated heterocycles. The van der Waals surface area contributed by atoms with Gasteiger partial charge in [-0.15, -0.1) is 0 Å². The van der Waals surface area contributed by atoms with Gasteiger partial charge in [0.05, 0.1) is 6.04 Å². The normalized spacial score (nSPS) is 21.7. The van der Waals surface area contributed by atoms with Crippen LogP contribution in [-0.4, -0.2) is 53.3 Å². The number of carbonyl (C=O) groups is 3. The van der Waals surface area contributed by atoms with Crippen molar-refractivity contribution < 1.29 is 19.5 Å². The van der Waals surface area contributed by atoms with Gasteiger partial charge >= 0.3 is 5.97 Å². The molecule has 0 unspecified atom stereocenters. The predicted molar refractivity (Wildman–Crippen MR) is 85.8 cm³/mol. The highest BCUT2D eigenvalue weighted by Gasteiger charge is 2.31. The van der Waals surface area contributed by atoms with Gasteiger partial charge < -0.3 is 21.1 Å². The van der Waals surface area contributed by atoms with Gasteiger partial charge in [-0.1, -0.05) is 20.3 Å². The second-order valence-corrected chi connectivity index (χ2v) is 5.97. The number of hydrogen-bond acceptors (Lipinski definition) is 5. The summed E-state index contributed by atoms with van der Waals surface area (Å²) in [6.45, 7) is 4.56. The van der Waals surface area contributed by atoms with E-state index in [2.05, 4.69) is 28.6 Å². The smallest absolute Gasteiger partial charge is 0.327 e. The van der Waals surface area contributed by atoms with E-state index >= 15 is 0 Å². The summed E-state index contributed by atoms with van der Waals surface area (Å²) >= 11 is 3.92. The highest BCUT2D eigenvalue weighted by Crippen LogP contribution is 2.11. The Bertz CT molecular complexity index is 413. The van der Waals surface area contributed by atoms with Crippen LogP contribution in [0.1, 0.15) is 33.1 Å². The van der Waals surface area contributed by atoms with Crippen LogP contribution in [0, 0.1) is 5.92 Å². The van der Waals surface area contributed by atoms with Gasteiger partial charge in [0.15, 0.2) is 0 Å². The van der Waals surface area contributed by atoms with Crippen LogP contribution in [-0.2, 0) is 14.4 Å². The van der Waals surface area contributed by atoms with Crippen molar-refractivity contribution in [2.24, 2.45) is 5.92 Å². The first-order chi connectivity index (χ1) is 10.4. The maximum absolute atomic E-state index is 12.3. The van der Waals surface area contributed by atoms with E-state index in [1.807, 2.05) is 13.8 Å². The Morgan fingerprint density at radius 3 is 2.50 bits per heavy atom. The molecule has 22 heavy (non-hydrogen) atoms. The number of carboxylic acid groups (broad SMARTS) is 1. The summed E-state index contributed by atoms with van der Waals surface area (Å²) in [6.07, 6.45) is 2.36. The Hall–Kier alpha value is -1.28. The van der Waals surface area contributed by atoms with E-state index in [1.165, 1.54) is 0 Å². The Balaban J connectivity index is 2.72. The Morgan fingerprint density at radius 1 is 1.36 bits per heavy atom. The molecular weight excluding hydrogens is 306 g/mol. The SMILES string of the molecule is CC[C@H](C)[C@H](NC(=O)[C@@H]1CCCN1)C(=O)N[C@@H](CS)C(=O)O. The molecule has 0 aromatic carbocycles. The molecule has 126 valence electrons. The minimum absolute atomic E-state index is 0.00751. The summed E-state index contributed by atoms with van der Waals surface area (Å²) in [5.41, 5.74) is 0. The lowest BCUT2D eigenvalue weighted by Gasteiger charge is -2.26. The third-order valence-electron chi connectivity index (χ3n) is 3.97. The molecule has 1 aliphatic rings. The topological polar surface area (TPSA) is 108 Å². The van der Waals surface area contributed by atoms with E-state index in [0.29, 0.717) is 6.42 Å². The average molecular weight is 331 g/mol. The van der Waals surface area contributed by atoms with Crippen molar-refractivity contribution in [2.75, 3.05) is 12.3 Å². The molecule has 1 fully saturated rings. The van der Waals surface area contributed by atoms with E-state index in [1.54, 1.807) is 0 Å². The third-order valence-corrected chi connectivity index (χ3v) is 4.33. The second kappa shape index (κ2) is 8.99. The van der Waals surface area contributed by atoms with Gasteiger partial charge in [0.2, 0.25) is 11.8 Å². The van der Waals surface area contributed by atoms with Crippen molar-refractivity contribution in [3.63, 3.8) is 0 Å². The Labute approximate surface area is 136 Å².